The molecule has 0 bridgehead atoms. The number of anilines is 1. The van der Waals surface area contributed by atoms with Crippen molar-refractivity contribution in [3.8, 4) is 0 Å². The molecule has 114 valence electrons. The van der Waals surface area contributed by atoms with Crippen LogP contribution in [0.25, 0.3) is 0 Å². The van der Waals surface area contributed by atoms with Crippen LogP contribution < -0.4 is 39.6 Å². The number of aromatic carboxylic acids is 1. The number of carbonyl (C=O) groups excluding carboxylic acids is 1. The van der Waals surface area contributed by atoms with Gasteiger partial charge in [-0.05, 0) is 25.6 Å². The van der Waals surface area contributed by atoms with Gasteiger partial charge >= 0.3 is 29.6 Å². The van der Waals surface area contributed by atoms with Gasteiger partial charge in [-0.3, -0.25) is 15.0 Å². The van der Waals surface area contributed by atoms with E-state index in [2.05, 4.69) is 23.6 Å². The van der Waals surface area contributed by atoms with Gasteiger partial charge in [-0.25, -0.2) is 0 Å². The van der Waals surface area contributed by atoms with Crippen LogP contribution in [-0.2, 0) is 0 Å². The van der Waals surface area contributed by atoms with Crippen LogP contribution >= 0.6 is 0 Å². The summed E-state index contributed by atoms with van der Waals surface area (Å²) in [6.07, 6.45) is 0. The van der Waals surface area contributed by atoms with Crippen LogP contribution in [0, 0.1) is 10.1 Å². The second-order valence-electron chi connectivity index (χ2n) is 5.18. The Balaban J connectivity index is 0.00000242. The molecule has 1 fully saturated rings. The SMILES string of the molecule is CCN1CCN(c2ccc([N+](=O)[O-])c(C(=O)[O-])c2)[C@H](C)C1.[Na+]. The molecule has 7 nitrogen and oxygen atoms in total. The molecular formula is C14H18N3NaO4. The van der Waals surface area contributed by atoms with Gasteiger partial charge in [0, 0.05) is 37.4 Å². The third-order valence-electron chi connectivity index (χ3n) is 3.89. The van der Waals surface area contributed by atoms with Crippen molar-refractivity contribution in [2.24, 2.45) is 0 Å². The first-order valence-corrected chi connectivity index (χ1v) is 6.92. The Morgan fingerprint density at radius 3 is 2.59 bits per heavy atom. The molecule has 0 N–H and O–H groups in total. The monoisotopic (exact) mass is 315 g/mol. The number of carboxylic acid groups (broad SMARTS) is 1. The molecule has 8 heteroatoms. The van der Waals surface area contributed by atoms with Crippen LogP contribution in [0.15, 0.2) is 18.2 Å². The molecule has 0 aliphatic carbocycles. The molecule has 2 rings (SSSR count). The number of hydrogen-bond donors (Lipinski definition) is 0. The summed E-state index contributed by atoms with van der Waals surface area (Å²) in [5.41, 5.74) is -0.121. The minimum absolute atomic E-state index is 0. The quantitative estimate of drug-likeness (QED) is 0.346. The Morgan fingerprint density at radius 1 is 1.41 bits per heavy atom. The molecule has 0 saturated carbocycles. The van der Waals surface area contributed by atoms with Crippen molar-refractivity contribution in [1.82, 2.24) is 4.90 Å². The molecule has 1 aliphatic heterocycles. The van der Waals surface area contributed by atoms with Crippen LogP contribution in [0.2, 0.25) is 0 Å². The third-order valence-corrected chi connectivity index (χ3v) is 3.89. The smallest absolute Gasteiger partial charge is 0.545 e. The standard InChI is InChI=1S/C14H19N3O4.Na/c1-3-15-6-7-16(10(2)9-15)11-4-5-13(17(20)21)12(8-11)14(18)19;/h4-5,8,10H,3,6-7,9H2,1-2H3,(H,18,19);/q;+1/p-1/t10-;/m1./s1. The van der Waals surface area contributed by atoms with Crippen molar-refractivity contribution in [2.45, 2.75) is 19.9 Å². The molecule has 22 heavy (non-hydrogen) atoms. The molecule has 1 aliphatic rings. The number of rotatable bonds is 4. The van der Waals surface area contributed by atoms with Gasteiger partial charge in [0.05, 0.1) is 16.5 Å². The van der Waals surface area contributed by atoms with Gasteiger partial charge in [-0.15, -0.1) is 0 Å². The van der Waals surface area contributed by atoms with Gasteiger partial charge in [0.1, 0.15) is 0 Å². The number of nitrogens with zero attached hydrogens (tertiary/aromatic N) is 3. The van der Waals surface area contributed by atoms with Crippen LogP contribution in [0.4, 0.5) is 11.4 Å². The largest absolute Gasteiger partial charge is 1.00 e. The number of hydrogen-bond acceptors (Lipinski definition) is 6. The summed E-state index contributed by atoms with van der Waals surface area (Å²) in [5, 5.41) is 22.0. The van der Waals surface area contributed by atoms with Gasteiger partial charge in [0.15, 0.2) is 0 Å². The summed E-state index contributed by atoms with van der Waals surface area (Å²) >= 11 is 0. The molecule has 0 amide bonds. The molecule has 1 aromatic carbocycles. The van der Waals surface area contributed by atoms with Crippen LogP contribution in [-0.4, -0.2) is 48.0 Å². The van der Waals surface area contributed by atoms with E-state index in [1.54, 1.807) is 6.07 Å². The Labute approximate surface area is 151 Å². The number of piperazine rings is 1. The molecule has 0 radical (unpaired) electrons. The average Bonchev–Trinajstić information content (AvgIpc) is 2.46. The van der Waals surface area contributed by atoms with E-state index in [1.165, 1.54) is 12.1 Å². The van der Waals surface area contributed by atoms with Gasteiger partial charge in [-0.2, -0.15) is 0 Å². The predicted octanol–water partition coefficient (Wildman–Crippen LogP) is -2.51. The summed E-state index contributed by atoms with van der Waals surface area (Å²) in [5.74, 6) is -1.52. The molecule has 1 saturated heterocycles. The molecular weight excluding hydrogens is 297 g/mol. The summed E-state index contributed by atoms with van der Waals surface area (Å²) in [6, 6.07) is 4.39. The maximum Gasteiger partial charge on any atom is 1.00 e. The number of benzene rings is 1. The summed E-state index contributed by atoms with van der Waals surface area (Å²) < 4.78 is 0. The van der Waals surface area contributed by atoms with E-state index >= 15 is 0 Å². The zero-order chi connectivity index (χ0) is 15.6. The first-order valence-electron chi connectivity index (χ1n) is 6.92. The van der Waals surface area contributed by atoms with Crippen molar-refractivity contribution in [2.75, 3.05) is 31.1 Å². The molecule has 0 unspecified atom stereocenters. The normalized spacial score (nSPS) is 18.6. The van der Waals surface area contributed by atoms with Crippen molar-refractivity contribution in [3.63, 3.8) is 0 Å². The van der Waals surface area contributed by atoms with Gasteiger partial charge in [0.2, 0.25) is 0 Å². The van der Waals surface area contributed by atoms with Crippen molar-refractivity contribution in [1.29, 1.82) is 0 Å². The maximum absolute atomic E-state index is 11.1. The van der Waals surface area contributed by atoms with Crippen LogP contribution in [0.1, 0.15) is 24.2 Å². The zero-order valence-corrected chi connectivity index (χ0v) is 15.1. The Hall–Kier alpha value is -1.15. The predicted molar refractivity (Wildman–Crippen MR) is 76.3 cm³/mol. The third kappa shape index (κ3) is 3.98. The van der Waals surface area contributed by atoms with E-state index < -0.39 is 16.6 Å². The fourth-order valence-electron chi connectivity index (χ4n) is 2.73. The number of nitro groups is 1. The van der Waals surface area contributed by atoms with Crippen molar-refractivity contribution < 1.29 is 44.4 Å². The summed E-state index contributed by atoms with van der Waals surface area (Å²) in [7, 11) is 0. The number of carboxylic acids is 1. The Bertz CT molecular complexity index is 567. The molecule has 1 heterocycles. The fourth-order valence-corrected chi connectivity index (χ4v) is 2.73. The van der Waals surface area contributed by atoms with E-state index in [4.69, 9.17) is 0 Å². The van der Waals surface area contributed by atoms with E-state index in [1.807, 2.05) is 0 Å². The van der Waals surface area contributed by atoms with E-state index in [0.717, 1.165) is 26.2 Å². The van der Waals surface area contributed by atoms with Crippen molar-refractivity contribution in [3.05, 3.63) is 33.9 Å². The van der Waals surface area contributed by atoms with Gasteiger partial charge in [0.25, 0.3) is 5.69 Å². The first kappa shape index (κ1) is 18.9. The Kier molecular flexibility index (Phi) is 6.80. The average molecular weight is 315 g/mol. The Morgan fingerprint density at radius 2 is 2.09 bits per heavy atom. The molecule has 1 aromatic rings. The number of nitro benzene ring substituents is 1. The fraction of sp³-hybridized carbons (Fsp3) is 0.500. The molecule has 0 spiro atoms. The number of carbonyl (C=O) groups is 1. The summed E-state index contributed by atoms with van der Waals surface area (Å²) in [6.45, 7) is 7.67. The minimum Gasteiger partial charge on any atom is -0.545 e. The molecule has 1 atom stereocenters. The number of likely N-dealkylation sites (N-methyl/N-ethyl adjacent to an activating group) is 1. The van der Waals surface area contributed by atoms with Gasteiger partial charge in [-0.1, -0.05) is 6.92 Å². The van der Waals surface area contributed by atoms with E-state index in [9.17, 15) is 20.0 Å². The van der Waals surface area contributed by atoms with Crippen LogP contribution in [0.5, 0.6) is 0 Å². The molecule has 0 aromatic heterocycles. The second kappa shape index (κ2) is 7.92. The van der Waals surface area contributed by atoms with Crippen LogP contribution in [0.3, 0.4) is 0 Å². The van der Waals surface area contributed by atoms with E-state index in [0.29, 0.717) is 5.69 Å². The second-order valence-corrected chi connectivity index (χ2v) is 5.18. The first-order chi connectivity index (χ1) is 9.93. The summed E-state index contributed by atoms with van der Waals surface area (Å²) in [4.78, 5) is 25.6. The van der Waals surface area contributed by atoms with E-state index in [-0.39, 0.29) is 41.2 Å². The van der Waals surface area contributed by atoms with Gasteiger partial charge < -0.3 is 14.8 Å². The topological polar surface area (TPSA) is 89.8 Å². The minimum atomic E-state index is -1.52. The maximum atomic E-state index is 11.1. The zero-order valence-electron chi connectivity index (χ0n) is 13.1. The van der Waals surface area contributed by atoms with Crippen molar-refractivity contribution >= 4 is 17.3 Å².